The summed E-state index contributed by atoms with van der Waals surface area (Å²) >= 11 is 0. The van der Waals surface area contributed by atoms with Crippen LogP contribution >= 0.6 is 7.82 Å². The predicted octanol–water partition coefficient (Wildman–Crippen LogP) is 25.8. The second-order valence-corrected chi connectivity index (χ2v) is 26.6. The largest absolute Gasteiger partial charge is 0.472 e. The molecular formula is C83H142NO8P. The first-order valence-electron chi connectivity index (χ1n) is 38.3. The summed E-state index contributed by atoms with van der Waals surface area (Å²) in [5.74, 6) is -0.837. The molecule has 0 bridgehead atoms. The molecule has 0 radical (unpaired) electrons. The number of phosphoric ester groups is 1. The molecule has 2 unspecified atom stereocenters. The van der Waals surface area contributed by atoms with Gasteiger partial charge in [0.25, 0.3) is 0 Å². The van der Waals surface area contributed by atoms with Crippen LogP contribution in [-0.2, 0) is 32.7 Å². The van der Waals surface area contributed by atoms with Crippen molar-refractivity contribution in [2.75, 3.05) is 26.4 Å². The quantitative estimate of drug-likeness (QED) is 0.0264. The molecule has 0 fully saturated rings. The third-order valence-electron chi connectivity index (χ3n) is 16.2. The van der Waals surface area contributed by atoms with E-state index in [1.54, 1.807) is 0 Å². The molecule has 10 heteroatoms. The molecule has 0 spiro atoms. The van der Waals surface area contributed by atoms with Gasteiger partial charge in [-0.3, -0.25) is 18.6 Å². The van der Waals surface area contributed by atoms with E-state index in [9.17, 15) is 19.0 Å². The number of hydrogen-bond donors (Lipinski definition) is 2. The molecule has 0 aromatic heterocycles. The zero-order valence-electron chi connectivity index (χ0n) is 59.9. The van der Waals surface area contributed by atoms with Gasteiger partial charge in [-0.05, 0) is 122 Å². The van der Waals surface area contributed by atoms with E-state index in [1.807, 2.05) is 0 Å². The number of nitrogens with two attached hydrogens (primary N) is 1. The van der Waals surface area contributed by atoms with E-state index in [0.717, 1.165) is 116 Å². The number of phosphoric acid groups is 1. The number of carbonyl (C=O) groups is 2. The first-order valence-corrected chi connectivity index (χ1v) is 39.8. The Morgan fingerprint density at radius 1 is 0.333 bits per heavy atom. The number of carbonyl (C=O) groups excluding carboxylic acids is 2. The van der Waals surface area contributed by atoms with Crippen LogP contribution in [0.2, 0.25) is 0 Å². The predicted molar refractivity (Wildman–Crippen MR) is 404 cm³/mol. The number of unbranched alkanes of at least 4 members (excludes halogenated alkanes) is 34. The Hall–Kier alpha value is -4.11. The summed E-state index contributed by atoms with van der Waals surface area (Å²) in [5.41, 5.74) is 5.41. The van der Waals surface area contributed by atoms with Gasteiger partial charge in [0.1, 0.15) is 6.61 Å². The molecule has 2 atom stereocenters. The topological polar surface area (TPSA) is 134 Å². The first kappa shape index (κ1) is 88.9. The molecule has 0 saturated heterocycles. The van der Waals surface area contributed by atoms with Crippen LogP contribution in [0.1, 0.15) is 335 Å². The van der Waals surface area contributed by atoms with E-state index in [-0.39, 0.29) is 38.6 Å². The molecule has 0 aliphatic rings. The molecule has 0 aliphatic heterocycles. The number of hydrogen-bond acceptors (Lipinski definition) is 8. The summed E-state index contributed by atoms with van der Waals surface area (Å²) in [7, 11) is -4.41. The highest BCUT2D eigenvalue weighted by Gasteiger charge is 2.26. The van der Waals surface area contributed by atoms with E-state index < -0.39 is 26.5 Å². The summed E-state index contributed by atoms with van der Waals surface area (Å²) in [5, 5.41) is 0. The molecule has 0 rings (SSSR count). The van der Waals surface area contributed by atoms with Gasteiger partial charge < -0.3 is 20.1 Å². The molecule has 9 nitrogen and oxygen atoms in total. The van der Waals surface area contributed by atoms with Gasteiger partial charge in [0.2, 0.25) is 0 Å². The smallest absolute Gasteiger partial charge is 0.462 e. The van der Waals surface area contributed by atoms with Crippen LogP contribution in [0.15, 0.2) is 146 Å². The fraction of sp³-hybridized carbons (Fsp3) is 0.687. The zero-order valence-corrected chi connectivity index (χ0v) is 60.8. The summed E-state index contributed by atoms with van der Waals surface area (Å²) < 4.78 is 33.2. The van der Waals surface area contributed by atoms with Gasteiger partial charge in [0.05, 0.1) is 13.2 Å². The SMILES string of the molecule is CC/C=C\C/C=C\C/C=C\C/C=C\C/C=C\C/C=C\C/C=C\C/C=C\C/C=C\C/C=C\C/C=C\CCCCCCCCCC(=O)OC(COC(=O)CCCCCCCCCCCCCCCCCCCCC/C=C\CCCCCCCCCC)COP(=O)(O)OCCN. The van der Waals surface area contributed by atoms with Crippen LogP contribution in [0, 0.1) is 0 Å². The second kappa shape index (κ2) is 76.9. The Labute approximate surface area is 573 Å². The van der Waals surface area contributed by atoms with Crippen molar-refractivity contribution >= 4 is 19.8 Å². The molecule has 0 aromatic rings. The van der Waals surface area contributed by atoms with Crippen LogP contribution < -0.4 is 5.73 Å². The Morgan fingerprint density at radius 2 is 0.591 bits per heavy atom. The van der Waals surface area contributed by atoms with Crippen molar-refractivity contribution in [3.63, 3.8) is 0 Å². The van der Waals surface area contributed by atoms with E-state index in [2.05, 4.69) is 160 Å². The highest BCUT2D eigenvalue weighted by Crippen LogP contribution is 2.43. The highest BCUT2D eigenvalue weighted by atomic mass is 31.2. The van der Waals surface area contributed by atoms with Crippen molar-refractivity contribution in [3.05, 3.63) is 146 Å². The number of rotatable bonds is 71. The highest BCUT2D eigenvalue weighted by molar-refractivity contribution is 7.47. The minimum absolute atomic E-state index is 0.0461. The average molecular weight is 1310 g/mol. The van der Waals surface area contributed by atoms with Crippen molar-refractivity contribution in [1.29, 1.82) is 0 Å². The Balaban J connectivity index is 3.93. The Kier molecular flexibility index (Phi) is 73.5. The first-order chi connectivity index (χ1) is 45.8. The molecule has 93 heavy (non-hydrogen) atoms. The standard InChI is InChI=1S/C83H142NO8P/c1-3-5-7-9-11-13-15-17-19-21-23-25-27-29-31-33-35-36-37-38-39-40-41-42-43-44-46-48-50-52-54-56-58-60-62-64-66-68-70-72-74-76-83(86)92-81(80-91-93(87,88)90-78-77-84)79-89-82(85)75-73-71-69-67-65-63-61-59-57-55-53-51-49-47-45-34-32-30-28-26-24-22-20-18-16-14-12-10-8-6-4-2/h5,7,11,13,17,19,22-25,29,31,35-36,38-39,41-42,44,46,50,52,56,58,81H,3-4,6,8-10,12,14-16,18,20-21,26-28,30,32-34,37,40,43,45,47-49,51,53-55,57,59-80,84H2,1-2H3,(H,87,88)/b7-5-,13-11-,19-17-,24-22-,25-23-,31-29-,36-35-,39-38-,42-41-,46-44-,52-50-,58-56-. The normalized spacial score (nSPS) is 13.7. The fourth-order valence-corrected chi connectivity index (χ4v) is 11.3. The van der Waals surface area contributed by atoms with Crippen LogP contribution in [0.3, 0.4) is 0 Å². The van der Waals surface area contributed by atoms with E-state index >= 15 is 0 Å². The minimum Gasteiger partial charge on any atom is -0.462 e. The monoisotopic (exact) mass is 1310 g/mol. The van der Waals surface area contributed by atoms with Crippen LogP contribution in [0.5, 0.6) is 0 Å². The van der Waals surface area contributed by atoms with Crippen LogP contribution in [0.25, 0.3) is 0 Å². The maximum absolute atomic E-state index is 12.8. The molecule has 3 N–H and O–H groups in total. The van der Waals surface area contributed by atoms with Gasteiger partial charge in [0, 0.05) is 19.4 Å². The van der Waals surface area contributed by atoms with Crippen LogP contribution in [0.4, 0.5) is 0 Å². The zero-order chi connectivity index (χ0) is 67.2. The lowest BCUT2D eigenvalue weighted by Gasteiger charge is -2.19. The van der Waals surface area contributed by atoms with Gasteiger partial charge in [-0.25, -0.2) is 4.57 Å². The van der Waals surface area contributed by atoms with Gasteiger partial charge >= 0.3 is 19.8 Å². The van der Waals surface area contributed by atoms with E-state index in [0.29, 0.717) is 6.42 Å². The molecule has 0 heterocycles. The molecule has 0 aliphatic carbocycles. The molecule has 0 amide bonds. The van der Waals surface area contributed by atoms with Gasteiger partial charge in [0.15, 0.2) is 6.10 Å². The van der Waals surface area contributed by atoms with Crippen molar-refractivity contribution in [1.82, 2.24) is 0 Å². The van der Waals surface area contributed by atoms with Crippen molar-refractivity contribution in [3.8, 4) is 0 Å². The van der Waals surface area contributed by atoms with Crippen molar-refractivity contribution in [2.45, 2.75) is 341 Å². The van der Waals surface area contributed by atoms with E-state index in [4.69, 9.17) is 24.3 Å². The van der Waals surface area contributed by atoms with Gasteiger partial charge in [-0.2, -0.15) is 0 Å². The number of esters is 2. The van der Waals surface area contributed by atoms with Crippen molar-refractivity contribution in [2.24, 2.45) is 5.73 Å². The summed E-state index contributed by atoms with van der Waals surface area (Å²) in [4.78, 5) is 35.4. The Bertz CT molecular complexity index is 2040. The summed E-state index contributed by atoms with van der Waals surface area (Å²) in [6, 6.07) is 0. The lowest BCUT2D eigenvalue weighted by molar-refractivity contribution is -0.161. The summed E-state index contributed by atoms with van der Waals surface area (Å²) in [6.45, 7) is 3.64. The third-order valence-corrected chi connectivity index (χ3v) is 17.2. The molecular weight excluding hydrogens is 1170 g/mol. The van der Waals surface area contributed by atoms with E-state index in [1.165, 1.54) is 186 Å². The molecule has 0 saturated carbocycles. The number of ether oxygens (including phenoxy) is 2. The fourth-order valence-electron chi connectivity index (χ4n) is 10.6. The average Bonchev–Trinajstić information content (AvgIpc) is 3.49. The second-order valence-electron chi connectivity index (χ2n) is 25.1. The maximum atomic E-state index is 12.8. The lowest BCUT2D eigenvalue weighted by atomic mass is 10.0. The summed E-state index contributed by atoms with van der Waals surface area (Å²) in [6.07, 6.45) is 111. The molecule has 532 valence electrons. The van der Waals surface area contributed by atoms with Gasteiger partial charge in [-0.15, -0.1) is 0 Å². The van der Waals surface area contributed by atoms with Crippen LogP contribution in [-0.4, -0.2) is 49.3 Å². The van der Waals surface area contributed by atoms with Gasteiger partial charge in [-0.1, -0.05) is 346 Å². The third kappa shape index (κ3) is 76.8. The Morgan fingerprint density at radius 3 is 0.892 bits per heavy atom. The molecule has 0 aromatic carbocycles. The minimum atomic E-state index is -4.41. The van der Waals surface area contributed by atoms with Crippen molar-refractivity contribution < 1.29 is 37.6 Å². The lowest BCUT2D eigenvalue weighted by Crippen LogP contribution is -2.29. The maximum Gasteiger partial charge on any atom is 0.472 e. The number of allylic oxidation sites excluding steroid dienone is 24.